The van der Waals surface area contributed by atoms with E-state index in [0.29, 0.717) is 28.8 Å². The maximum Gasteiger partial charge on any atom is 0.255 e. The third kappa shape index (κ3) is 3.39. The molecule has 1 amide bonds. The first-order chi connectivity index (χ1) is 12.6. The summed E-state index contributed by atoms with van der Waals surface area (Å²) >= 11 is 0. The zero-order valence-electron chi connectivity index (χ0n) is 14.2. The Labute approximate surface area is 149 Å². The molecule has 1 aliphatic carbocycles. The van der Waals surface area contributed by atoms with Gasteiger partial charge in [0.25, 0.3) is 5.56 Å². The standard InChI is InChI=1S/C18H18N6O2/c1-10-13(18(26)22-17(20-10)12-4-6-19-7-5-12)8-16(25)21-15-9-14(23-24-15)11-2-3-11/h4-7,9,11H,2-3,8H2,1H3,(H,20,22,26)(H2,21,23,24,25). The van der Waals surface area contributed by atoms with E-state index in [1.165, 1.54) is 0 Å². The third-order valence-electron chi connectivity index (χ3n) is 4.40. The second kappa shape index (κ2) is 6.55. The van der Waals surface area contributed by atoms with E-state index in [0.717, 1.165) is 24.1 Å². The number of aromatic amines is 2. The van der Waals surface area contributed by atoms with Gasteiger partial charge in [0.2, 0.25) is 5.91 Å². The largest absolute Gasteiger partial charge is 0.309 e. The topological polar surface area (TPSA) is 116 Å². The minimum atomic E-state index is -0.319. The second-order valence-electron chi connectivity index (χ2n) is 6.42. The predicted octanol–water partition coefficient (Wildman–Crippen LogP) is 1.92. The molecule has 8 heteroatoms. The van der Waals surface area contributed by atoms with Crippen molar-refractivity contribution in [2.75, 3.05) is 5.32 Å². The molecule has 0 aliphatic heterocycles. The van der Waals surface area contributed by atoms with Crippen LogP contribution in [0, 0.1) is 6.92 Å². The fraction of sp³-hybridized carbons (Fsp3) is 0.278. The molecule has 132 valence electrons. The van der Waals surface area contributed by atoms with E-state index in [4.69, 9.17) is 0 Å². The van der Waals surface area contributed by atoms with Crippen LogP contribution in [0.3, 0.4) is 0 Å². The van der Waals surface area contributed by atoms with Gasteiger partial charge in [-0.15, -0.1) is 0 Å². The van der Waals surface area contributed by atoms with Gasteiger partial charge in [0.15, 0.2) is 5.82 Å². The van der Waals surface area contributed by atoms with Gasteiger partial charge in [-0.25, -0.2) is 4.98 Å². The fourth-order valence-electron chi connectivity index (χ4n) is 2.82. The minimum absolute atomic E-state index is 0.0591. The van der Waals surface area contributed by atoms with E-state index >= 15 is 0 Å². The van der Waals surface area contributed by atoms with Crippen LogP contribution in [0.15, 0.2) is 35.4 Å². The third-order valence-corrected chi connectivity index (χ3v) is 4.40. The summed E-state index contributed by atoms with van der Waals surface area (Å²) in [7, 11) is 0. The lowest BCUT2D eigenvalue weighted by Crippen LogP contribution is -2.24. The van der Waals surface area contributed by atoms with Crippen LogP contribution < -0.4 is 10.9 Å². The molecule has 3 aromatic heterocycles. The lowest BCUT2D eigenvalue weighted by atomic mass is 10.1. The molecule has 1 saturated carbocycles. The van der Waals surface area contributed by atoms with Crippen molar-refractivity contribution in [3.8, 4) is 11.4 Å². The van der Waals surface area contributed by atoms with Gasteiger partial charge < -0.3 is 10.3 Å². The van der Waals surface area contributed by atoms with Gasteiger partial charge in [-0.2, -0.15) is 5.10 Å². The van der Waals surface area contributed by atoms with Crippen LogP contribution >= 0.6 is 0 Å². The van der Waals surface area contributed by atoms with E-state index in [1.807, 2.05) is 6.07 Å². The Hall–Kier alpha value is -3.29. The van der Waals surface area contributed by atoms with Crippen LogP contribution in [-0.4, -0.2) is 31.1 Å². The Kier molecular flexibility index (Phi) is 4.08. The fourth-order valence-corrected chi connectivity index (χ4v) is 2.82. The highest BCUT2D eigenvalue weighted by Gasteiger charge is 2.25. The Balaban J connectivity index is 1.50. The normalized spacial score (nSPS) is 13.6. The van der Waals surface area contributed by atoms with E-state index < -0.39 is 0 Å². The van der Waals surface area contributed by atoms with Crippen molar-refractivity contribution in [2.24, 2.45) is 0 Å². The first-order valence-corrected chi connectivity index (χ1v) is 8.45. The number of carbonyl (C=O) groups is 1. The van der Waals surface area contributed by atoms with Gasteiger partial charge in [0, 0.05) is 46.9 Å². The summed E-state index contributed by atoms with van der Waals surface area (Å²) in [5.41, 5.74) is 2.35. The first kappa shape index (κ1) is 16.2. The van der Waals surface area contributed by atoms with Gasteiger partial charge in [-0.1, -0.05) is 0 Å². The summed E-state index contributed by atoms with van der Waals surface area (Å²) in [4.78, 5) is 35.8. The summed E-state index contributed by atoms with van der Waals surface area (Å²) in [6, 6.07) is 5.37. The quantitative estimate of drug-likeness (QED) is 0.650. The number of hydrogen-bond donors (Lipinski definition) is 3. The smallest absolute Gasteiger partial charge is 0.255 e. The minimum Gasteiger partial charge on any atom is -0.309 e. The summed E-state index contributed by atoms with van der Waals surface area (Å²) < 4.78 is 0. The molecule has 1 fully saturated rings. The monoisotopic (exact) mass is 350 g/mol. The molecule has 4 rings (SSSR count). The van der Waals surface area contributed by atoms with Crippen molar-refractivity contribution in [3.05, 3.63) is 57.9 Å². The molecule has 26 heavy (non-hydrogen) atoms. The molecule has 3 N–H and O–H groups in total. The van der Waals surface area contributed by atoms with Crippen molar-refractivity contribution in [1.29, 1.82) is 0 Å². The summed E-state index contributed by atoms with van der Waals surface area (Å²) in [6.07, 6.45) is 5.51. The number of hydrogen-bond acceptors (Lipinski definition) is 5. The maximum atomic E-state index is 12.4. The number of aryl methyl sites for hydroxylation is 1. The maximum absolute atomic E-state index is 12.4. The number of nitrogens with one attached hydrogen (secondary N) is 3. The van der Waals surface area contributed by atoms with Crippen molar-refractivity contribution in [1.82, 2.24) is 25.1 Å². The highest BCUT2D eigenvalue weighted by atomic mass is 16.2. The molecule has 3 aromatic rings. The average Bonchev–Trinajstić information content (AvgIpc) is 3.38. The number of H-pyrrole nitrogens is 2. The Morgan fingerprint density at radius 2 is 2.08 bits per heavy atom. The van der Waals surface area contributed by atoms with Crippen LogP contribution in [0.25, 0.3) is 11.4 Å². The van der Waals surface area contributed by atoms with Gasteiger partial charge in [0.05, 0.1) is 6.42 Å². The number of carbonyl (C=O) groups excluding carboxylic acids is 1. The molecule has 0 bridgehead atoms. The van der Waals surface area contributed by atoms with E-state index in [-0.39, 0.29) is 17.9 Å². The lowest BCUT2D eigenvalue weighted by Gasteiger charge is -2.07. The molecular weight excluding hydrogens is 332 g/mol. The van der Waals surface area contributed by atoms with E-state index in [1.54, 1.807) is 31.5 Å². The first-order valence-electron chi connectivity index (χ1n) is 8.45. The second-order valence-corrected chi connectivity index (χ2v) is 6.42. The number of amides is 1. The van der Waals surface area contributed by atoms with Crippen molar-refractivity contribution in [2.45, 2.75) is 32.1 Å². The van der Waals surface area contributed by atoms with Crippen LogP contribution in [0.4, 0.5) is 5.82 Å². The summed E-state index contributed by atoms with van der Waals surface area (Å²) in [5, 5.41) is 9.75. The van der Waals surface area contributed by atoms with Crippen LogP contribution in [0.1, 0.15) is 35.7 Å². The number of aromatic nitrogens is 5. The molecule has 1 aliphatic rings. The molecule has 0 unspecified atom stereocenters. The summed E-state index contributed by atoms with van der Waals surface area (Å²) in [6.45, 7) is 1.72. The molecule has 0 radical (unpaired) electrons. The van der Waals surface area contributed by atoms with Gasteiger partial charge in [-0.05, 0) is 31.9 Å². The Morgan fingerprint density at radius 1 is 1.31 bits per heavy atom. The van der Waals surface area contributed by atoms with Crippen molar-refractivity contribution in [3.63, 3.8) is 0 Å². The van der Waals surface area contributed by atoms with E-state index in [2.05, 4.69) is 30.5 Å². The molecule has 8 nitrogen and oxygen atoms in total. The van der Waals surface area contributed by atoms with Crippen LogP contribution in [0.5, 0.6) is 0 Å². The molecule has 0 saturated heterocycles. The van der Waals surface area contributed by atoms with Crippen LogP contribution in [-0.2, 0) is 11.2 Å². The molecule has 0 aromatic carbocycles. The zero-order valence-corrected chi connectivity index (χ0v) is 14.2. The average molecular weight is 350 g/mol. The Morgan fingerprint density at radius 3 is 2.77 bits per heavy atom. The predicted molar refractivity (Wildman–Crippen MR) is 95.7 cm³/mol. The lowest BCUT2D eigenvalue weighted by molar-refractivity contribution is -0.115. The number of anilines is 1. The van der Waals surface area contributed by atoms with E-state index in [9.17, 15) is 9.59 Å². The highest BCUT2D eigenvalue weighted by molar-refractivity contribution is 5.91. The number of nitrogens with zero attached hydrogens (tertiary/aromatic N) is 3. The zero-order chi connectivity index (χ0) is 18.1. The van der Waals surface area contributed by atoms with Crippen LogP contribution in [0.2, 0.25) is 0 Å². The number of pyridine rings is 1. The molecular formula is C18H18N6O2. The van der Waals surface area contributed by atoms with Crippen molar-refractivity contribution >= 4 is 11.7 Å². The molecule has 0 atom stereocenters. The summed E-state index contributed by atoms with van der Waals surface area (Å²) in [5.74, 6) is 1.17. The molecule has 0 spiro atoms. The van der Waals surface area contributed by atoms with Gasteiger partial charge in [-0.3, -0.25) is 19.7 Å². The van der Waals surface area contributed by atoms with Crippen molar-refractivity contribution < 1.29 is 4.79 Å². The SMILES string of the molecule is Cc1nc(-c2ccncc2)[nH]c(=O)c1CC(=O)Nc1cc(C2CC2)[nH]n1. The van der Waals surface area contributed by atoms with Gasteiger partial charge >= 0.3 is 0 Å². The molecule has 3 heterocycles. The Bertz CT molecular complexity index is 1000. The number of rotatable bonds is 5. The van der Waals surface area contributed by atoms with Gasteiger partial charge in [0.1, 0.15) is 5.82 Å². The highest BCUT2D eigenvalue weighted by Crippen LogP contribution is 2.39.